The summed E-state index contributed by atoms with van der Waals surface area (Å²) in [6.45, 7) is 0. The molecule has 8 heterocycles. The molecule has 0 saturated heterocycles. The molecule has 26 rings (SSSR count). The van der Waals surface area contributed by atoms with E-state index in [-0.39, 0.29) is 0 Å². The average molecular weight is 1620 g/mol. The number of aromatic nitrogens is 6. The second-order valence-corrected chi connectivity index (χ2v) is 33.8. The minimum atomic E-state index is 0.872. The molecule has 126 heavy (non-hydrogen) atoms. The van der Waals surface area contributed by atoms with Crippen molar-refractivity contribution in [1.82, 2.24) is 28.2 Å². The molecular weight excluding hydrogens is 1550 g/mol. The van der Waals surface area contributed by atoms with E-state index in [1.165, 1.54) is 108 Å². The van der Waals surface area contributed by atoms with Crippen molar-refractivity contribution in [3.05, 3.63) is 449 Å². The first-order chi connectivity index (χ1) is 62.4. The third kappa shape index (κ3) is 12.2. The molecule has 0 N–H and O–H groups in total. The second-order valence-electron chi connectivity index (χ2n) is 32.7. The van der Waals surface area contributed by atoms with Gasteiger partial charge in [-0.1, -0.05) is 279 Å². The number of nitrogens with zero attached hydrogens (tertiary/aromatic N) is 6. The van der Waals surface area contributed by atoms with Gasteiger partial charge in [-0.25, -0.2) is 9.97 Å². The van der Waals surface area contributed by atoms with Crippen molar-refractivity contribution in [3.8, 4) is 112 Å². The summed E-state index contributed by atoms with van der Waals surface area (Å²) in [6.07, 6.45) is 0. The number of furan rings is 1. The number of benzene rings is 18. The highest BCUT2D eigenvalue weighted by Gasteiger charge is 2.24. The van der Waals surface area contributed by atoms with Crippen LogP contribution in [0.2, 0.25) is 0 Å². The maximum Gasteiger partial charge on any atom is 0.138 e. The summed E-state index contributed by atoms with van der Waals surface area (Å²) in [6, 6.07) is 162. The van der Waals surface area contributed by atoms with Crippen LogP contribution in [0.3, 0.4) is 0 Å². The fraction of sp³-hybridized carbons (Fsp3) is 0. The van der Waals surface area contributed by atoms with Gasteiger partial charge in [-0.15, -0.1) is 11.3 Å². The standard InChI is InChI=1S/C59H37N3O.C59H37N3S/c2*1-4-14-38(15-5-1)44-36-52(39-16-6-2-7-17-39)60-59(37-44)62-55-29-25-41(40-24-28-54-48(32-40)46-20-10-12-22-53(46)61(54)45-18-8-3-9-19-45)33-49(55)50-34-42(26-30-56(50)62)43-27-31-58-51(35-43)47-21-11-13-23-57(47)63-58/h2*1-37H. The Labute approximate surface area is 729 Å². The van der Waals surface area contributed by atoms with Crippen molar-refractivity contribution in [2.24, 2.45) is 0 Å². The normalized spacial score (nSPS) is 11.8. The van der Waals surface area contributed by atoms with Crippen LogP contribution >= 0.6 is 11.3 Å². The molecular formula is C118H74N6OS. The molecule has 0 aliphatic heterocycles. The lowest BCUT2D eigenvalue weighted by atomic mass is 9.98. The van der Waals surface area contributed by atoms with Crippen molar-refractivity contribution in [2.45, 2.75) is 0 Å². The summed E-state index contributed by atoms with van der Waals surface area (Å²) < 4.78 is 18.3. The Kier molecular flexibility index (Phi) is 17.0. The Morgan fingerprint density at radius 3 is 0.873 bits per heavy atom. The fourth-order valence-corrected chi connectivity index (χ4v) is 20.5. The Hall–Kier alpha value is -16.5. The zero-order valence-corrected chi connectivity index (χ0v) is 69.0. The zero-order chi connectivity index (χ0) is 82.9. The molecule has 588 valence electrons. The molecule has 0 aliphatic carbocycles. The van der Waals surface area contributed by atoms with Crippen LogP contribution in [0.4, 0.5) is 0 Å². The molecule has 0 fully saturated rings. The van der Waals surface area contributed by atoms with Crippen molar-refractivity contribution < 1.29 is 4.42 Å². The fourth-order valence-electron chi connectivity index (χ4n) is 19.5. The lowest BCUT2D eigenvalue weighted by Gasteiger charge is -2.13. The quantitative estimate of drug-likeness (QED) is 0.122. The van der Waals surface area contributed by atoms with Crippen LogP contribution in [-0.2, 0) is 0 Å². The van der Waals surface area contributed by atoms with Gasteiger partial charge in [0, 0.05) is 96.5 Å². The second kappa shape index (κ2) is 29.7. The molecule has 18 aromatic carbocycles. The Balaban J connectivity index is 0.000000137. The summed E-state index contributed by atoms with van der Waals surface area (Å²) in [4.78, 5) is 10.9. The number of rotatable bonds is 12. The van der Waals surface area contributed by atoms with Crippen LogP contribution < -0.4 is 0 Å². The lowest BCUT2D eigenvalue weighted by Crippen LogP contribution is -2.00. The van der Waals surface area contributed by atoms with E-state index in [1.54, 1.807) is 0 Å². The van der Waals surface area contributed by atoms with Gasteiger partial charge in [0.15, 0.2) is 0 Å². The number of fused-ring (bicyclic) bond motifs is 18. The summed E-state index contributed by atoms with van der Waals surface area (Å²) >= 11 is 1.86. The van der Waals surface area contributed by atoms with E-state index in [0.29, 0.717) is 0 Å². The molecule has 26 aromatic rings. The number of hydrogen-bond acceptors (Lipinski definition) is 4. The van der Waals surface area contributed by atoms with Crippen molar-refractivity contribution in [3.63, 3.8) is 0 Å². The van der Waals surface area contributed by atoms with Crippen molar-refractivity contribution in [2.75, 3.05) is 0 Å². The van der Waals surface area contributed by atoms with Gasteiger partial charge in [-0.2, -0.15) is 0 Å². The van der Waals surface area contributed by atoms with E-state index in [1.807, 2.05) is 23.5 Å². The lowest BCUT2D eigenvalue weighted by molar-refractivity contribution is 0.669. The van der Waals surface area contributed by atoms with Gasteiger partial charge < -0.3 is 13.6 Å². The van der Waals surface area contributed by atoms with Crippen LogP contribution in [0.25, 0.3) is 242 Å². The van der Waals surface area contributed by atoms with Crippen molar-refractivity contribution >= 4 is 141 Å². The molecule has 0 atom stereocenters. The van der Waals surface area contributed by atoms with E-state index in [0.717, 1.165) is 134 Å². The first-order valence-electron chi connectivity index (χ1n) is 42.9. The first-order valence-corrected chi connectivity index (χ1v) is 43.7. The van der Waals surface area contributed by atoms with Crippen LogP contribution in [-0.4, -0.2) is 28.2 Å². The molecule has 8 aromatic heterocycles. The predicted octanol–water partition coefficient (Wildman–Crippen LogP) is 32.2. The van der Waals surface area contributed by atoms with Crippen molar-refractivity contribution in [1.29, 1.82) is 0 Å². The maximum atomic E-state index is 6.22. The van der Waals surface area contributed by atoms with Gasteiger partial charge in [0.05, 0.1) is 55.5 Å². The number of pyridine rings is 2. The molecule has 0 bridgehead atoms. The Bertz CT molecular complexity index is 8190. The number of thiophene rings is 1. The smallest absolute Gasteiger partial charge is 0.138 e. The van der Waals surface area contributed by atoms with Gasteiger partial charge in [0.1, 0.15) is 22.8 Å². The van der Waals surface area contributed by atoms with E-state index >= 15 is 0 Å². The highest BCUT2D eigenvalue weighted by atomic mass is 32.1. The van der Waals surface area contributed by atoms with Gasteiger partial charge in [0.25, 0.3) is 0 Å². The van der Waals surface area contributed by atoms with Gasteiger partial charge in [0.2, 0.25) is 0 Å². The van der Waals surface area contributed by atoms with Gasteiger partial charge >= 0.3 is 0 Å². The summed E-state index contributed by atoms with van der Waals surface area (Å²) in [5, 5.41) is 14.5. The molecule has 0 amide bonds. The maximum absolute atomic E-state index is 6.22. The zero-order valence-electron chi connectivity index (χ0n) is 68.2. The van der Waals surface area contributed by atoms with E-state index < -0.39 is 0 Å². The minimum Gasteiger partial charge on any atom is -0.456 e. The van der Waals surface area contributed by atoms with Crippen LogP contribution in [0, 0.1) is 0 Å². The Morgan fingerprint density at radius 2 is 0.452 bits per heavy atom. The molecule has 0 radical (unpaired) electrons. The summed E-state index contributed by atoms with van der Waals surface area (Å²) in [7, 11) is 0. The number of para-hydroxylation sites is 5. The summed E-state index contributed by atoms with van der Waals surface area (Å²) in [5.41, 5.74) is 31.3. The predicted molar refractivity (Wildman–Crippen MR) is 529 cm³/mol. The van der Waals surface area contributed by atoms with E-state index in [2.05, 4.69) is 455 Å². The molecule has 0 spiro atoms. The topological polar surface area (TPSA) is 58.6 Å². The van der Waals surface area contributed by atoms with Gasteiger partial charge in [-0.05, 0) is 237 Å². The van der Waals surface area contributed by atoms with E-state index in [4.69, 9.17) is 14.4 Å². The molecule has 0 saturated carbocycles. The van der Waals surface area contributed by atoms with Crippen LogP contribution in [0.1, 0.15) is 0 Å². The Morgan fingerprint density at radius 1 is 0.167 bits per heavy atom. The average Bonchev–Trinajstić information content (AvgIpc) is 1.60. The monoisotopic (exact) mass is 1620 g/mol. The molecule has 0 unspecified atom stereocenters. The molecule has 8 heteroatoms. The van der Waals surface area contributed by atoms with Crippen LogP contribution in [0.15, 0.2) is 453 Å². The summed E-state index contributed by atoms with van der Waals surface area (Å²) in [5.74, 6) is 1.76. The van der Waals surface area contributed by atoms with Crippen LogP contribution in [0.5, 0.6) is 0 Å². The third-order valence-electron chi connectivity index (χ3n) is 25.4. The molecule has 7 nitrogen and oxygen atoms in total. The largest absolute Gasteiger partial charge is 0.456 e. The minimum absolute atomic E-state index is 0.872. The highest BCUT2D eigenvalue weighted by Crippen LogP contribution is 2.46. The first kappa shape index (κ1) is 72.3. The number of hydrogen-bond donors (Lipinski definition) is 0. The van der Waals surface area contributed by atoms with E-state index in [9.17, 15) is 0 Å². The SMILES string of the molecule is c1ccc(-c2cc(-c3ccccc3)nc(-n3c4ccc(-c5ccc6oc7ccccc7c6c5)cc4c4cc(-c5ccc6c(c5)c5ccccc5n6-c5ccccc5)ccc43)c2)cc1.c1ccc(-c2cc(-c3ccccc3)nc(-n3c4ccc(-c5ccc6sc7ccccc7c6c5)cc4c4cc(-c5ccc6c(c5)c5ccccc5n6-c5ccccc5)ccc43)c2)cc1. The third-order valence-corrected chi connectivity index (χ3v) is 26.6. The molecule has 0 aliphatic rings. The highest BCUT2D eigenvalue weighted by molar-refractivity contribution is 7.25. The van der Waals surface area contributed by atoms with Gasteiger partial charge in [-0.3, -0.25) is 9.13 Å².